The van der Waals surface area contributed by atoms with E-state index in [4.69, 9.17) is 0 Å². The summed E-state index contributed by atoms with van der Waals surface area (Å²) in [5.74, 6) is 0.851. The Hall–Kier alpha value is -1.56. The fourth-order valence-electron chi connectivity index (χ4n) is 3.25. The standard InChI is InChI=1S/C14H20.C8H10/c1-11-8-9-12(2)14(10-11)13-6-4-3-5-7-13;1-7-3-5-8(2)6-4-7/h8-10,13H,3-7H2,1-2H3;3-6H,1-2H3. The number of rotatable bonds is 1. The van der Waals surface area contributed by atoms with Crippen LogP contribution in [0.3, 0.4) is 0 Å². The predicted octanol–water partition coefficient (Wildman–Crippen LogP) is 6.65. The molecule has 1 fully saturated rings. The number of hydrogen-bond donors (Lipinski definition) is 0. The molecule has 0 aliphatic heterocycles. The van der Waals surface area contributed by atoms with Gasteiger partial charge < -0.3 is 0 Å². The lowest BCUT2D eigenvalue weighted by molar-refractivity contribution is 0.442. The molecule has 0 heterocycles. The maximum absolute atomic E-state index is 2.39. The maximum Gasteiger partial charge on any atom is -0.0159 e. The highest BCUT2D eigenvalue weighted by atomic mass is 14.2. The van der Waals surface area contributed by atoms with Gasteiger partial charge in [0, 0.05) is 0 Å². The molecule has 1 aliphatic rings. The van der Waals surface area contributed by atoms with Crippen molar-refractivity contribution in [2.24, 2.45) is 0 Å². The Balaban J connectivity index is 0.000000188. The van der Waals surface area contributed by atoms with Crippen LogP contribution in [0.2, 0.25) is 0 Å². The van der Waals surface area contributed by atoms with Gasteiger partial charge in [-0.1, -0.05) is 78.4 Å². The zero-order chi connectivity index (χ0) is 15.9. The van der Waals surface area contributed by atoms with E-state index in [1.165, 1.54) is 54.4 Å². The fourth-order valence-corrected chi connectivity index (χ4v) is 3.25. The van der Waals surface area contributed by atoms with E-state index in [0.717, 1.165) is 5.92 Å². The SMILES string of the molecule is Cc1ccc(C)c(C2CCCCC2)c1.Cc1ccc(C)cc1. The minimum atomic E-state index is 0.851. The van der Waals surface area contributed by atoms with Crippen LogP contribution in [0.1, 0.15) is 65.8 Å². The van der Waals surface area contributed by atoms with Crippen LogP contribution in [0.5, 0.6) is 0 Å². The van der Waals surface area contributed by atoms with Crippen LogP contribution in [0.25, 0.3) is 0 Å². The highest BCUT2D eigenvalue weighted by Crippen LogP contribution is 2.34. The van der Waals surface area contributed by atoms with Gasteiger partial charge in [0.2, 0.25) is 0 Å². The van der Waals surface area contributed by atoms with Crippen LogP contribution in [0.15, 0.2) is 42.5 Å². The molecule has 0 radical (unpaired) electrons. The summed E-state index contributed by atoms with van der Waals surface area (Å²) in [4.78, 5) is 0. The molecule has 22 heavy (non-hydrogen) atoms. The minimum Gasteiger partial charge on any atom is -0.0591 e. The van der Waals surface area contributed by atoms with Crippen molar-refractivity contribution in [2.75, 3.05) is 0 Å². The summed E-state index contributed by atoms with van der Waals surface area (Å²) >= 11 is 0. The molecular formula is C22H30. The summed E-state index contributed by atoms with van der Waals surface area (Å²) in [6, 6.07) is 15.4. The Kier molecular flexibility index (Phi) is 6.24. The zero-order valence-corrected chi connectivity index (χ0v) is 14.7. The average molecular weight is 294 g/mol. The van der Waals surface area contributed by atoms with Crippen molar-refractivity contribution >= 4 is 0 Å². The van der Waals surface area contributed by atoms with Gasteiger partial charge in [-0.2, -0.15) is 0 Å². The molecule has 3 rings (SSSR count). The van der Waals surface area contributed by atoms with E-state index in [9.17, 15) is 0 Å². The fraction of sp³-hybridized carbons (Fsp3) is 0.455. The van der Waals surface area contributed by atoms with Gasteiger partial charge in [-0.05, 0) is 57.6 Å². The smallest absolute Gasteiger partial charge is 0.0159 e. The molecule has 0 aromatic heterocycles. The van der Waals surface area contributed by atoms with E-state index < -0.39 is 0 Å². The van der Waals surface area contributed by atoms with Gasteiger partial charge >= 0.3 is 0 Å². The lowest BCUT2D eigenvalue weighted by atomic mass is 9.82. The third kappa shape index (κ3) is 5.02. The summed E-state index contributed by atoms with van der Waals surface area (Å²) < 4.78 is 0. The molecule has 0 unspecified atom stereocenters. The Morgan fingerprint density at radius 2 is 1.14 bits per heavy atom. The summed E-state index contributed by atoms with van der Waals surface area (Å²) in [6.45, 7) is 8.65. The molecule has 118 valence electrons. The molecule has 0 N–H and O–H groups in total. The second-order valence-electron chi connectivity index (χ2n) is 6.85. The summed E-state index contributed by atoms with van der Waals surface area (Å²) in [5.41, 5.74) is 7.18. The lowest BCUT2D eigenvalue weighted by Crippen LogP contribution is -2.06. The first-order valence-corrected chi connectivity index (χ1v) is 8.66. The monoisotopic (exact) mass is 294 g/mol. The number of benzene rings is 2. The molecule has 0 saturated heterocycles. The lowest BCUT2D eigenvalue weighted by Gasteiger charge is -2.23. The van der Waals surface area contributed by atoms with E-state index in [1.54, 1.807) is 5.56 Å². The van der Waals surface area contributed by atoms with Gasteiger partial charge in [0.05, 0.1) is 0 Å². The van der Waals surface area contributed by atoms with Crippen LogP contribution in [-0.4, -0.2) is 0 Å². The second-order valence-corrected chi connectivity index (χ2v) is 6.85. The largest absolute Gasteiger partial charge is 0.0591 e. The molecule has 0 amide bonds. The normalized spacial score (nSPS) is 15.1. The zero-order valence-electron chi connectivity index (χ0n) is 14.7. The first-order valence-electron chi connectivity index (χ1n) is 8.66. The van der Waals surface area contributed by atoms with Crippen LogP contribution >= 0.6 is 0 Å². The van der Waals surface area contributed by atoms with Crippen molar-refractivity contribution in [3.8, 4) is 0 Å². The third-order valence-electron chi connectivity index (χ3n) is 4.70. The number of aryl methyl sites for hydroxylation is 4. The van der Waals surface area contributed by atoms with Crippen molar-refractivity contribution in [1.82, 2.24) is 0 Å². The van der Waals surface area contributed by atoms with Crippen molar-refractivity contribution in [3.63, 3.8) is 0 Å². The molecule has 1 saturated carbocycles. The van der Waals surface area contributed by atoms with Crippen molar-refractivity contribution in [1.29, 1.82) is 0 Å². The van der Waals surface area contributed by atoms with Crippen molar-refractivity contribution in [3.05, 3.63) is 70.3 Å². The van der Waals surface area contributed by atoms with Crippen LogP contribution in [-0.2, 0) is 0 Å². The first-order chi connectivity index (χ1) is 10.6. The Morgan fingerprint density at radius 3 is 1.68 bits per heavy atom. The van der Waals surface area contributed by atoms with E-state index in [-0.39, 0.29) is 0 Å². The quantitative estimate of drug-likeness (QED) is 0.552. The topological polar surface area (TPSA) is 0 Å². The molecule has 1 aliphatic carbocycles. The van der Waals surface area contributed by atoms with Gasteiger partial charge in [-0.3, -0.25) is 0 Å². The summed E-state index contributed by atoms with van der Waals surface area (Å²) in [7, 11) is 0. The van der Waals surface area contributed by atoms with Crippen LogP contribution in [0, 0.1) is 27.7 Å². The molecule has 0 nitrogen and oxygen atoms in total. The van der Waals surface area contributed by atoms with Gasteiger partial charge in [-0.25, -0.2) is 0 Å². The molecule has 0 atom stereocenters. The van der Waals surface area contributed by atoms with Crippen molar-refractivity contribution < 1.29 is 0 Å². The Labute approximate surface area is 136 Å². The minimum absolute atomic E-state index is 0.851. The maximum atomic E-state index is 2.39. The highest BCUT2D eigenvalue weighted by molar-refractivity contribution is 5.33. The molecule has 0 bridgehead atoms. The molecule has 2 aromatic carbocycles. The first kappa shape index (κ1) is 16.8. The number of hydrogen-bond acceptors (Lipinski definition) is 0. The molecule has 0 spiro atoms. The second kappa shape index (κ2) is 8.17. The molecular weight excluding hydrogens is 264 g/mol. The Morgan fingerprint density at radius 1 is 0.636 bits per heavy atom. The third-order valence-corrected chi connectivity index (χ3v) is 4.70. The van der Waals surface area contributed by atoms with E-state index >= 15 is 0 Å². The van der Waals surface area contributed by atoms with Gasteiger partial charge in [0.25, 0.3) is 0 Å². The van der Waals surface area contributed by atoms with E-state index in [0.29, 0.717) is 0 Å². The van der Waals surface area contributed by atoms with Gasteiger partial charge in [-0.15, -0.1) is 0 Å². The van der Waals surface area contributed by atoms with E-state index in [2.05, 4.69) is 70.2 Å². The highest BCUT2D eigenvalue weighted by Gasteiger charge is 2.16. The van der Waals surface area contributed by atoms with Crippen LogP contribution < -0.4 is 0 Å². The van der Waals surface area contributed by atoms with E-state index in [1.807, 2.05) is 0 Å². The summed E-state index contributed by atoms with van der Waals surface area (Å²) in [6.07, 6.45) is 7.12. The predicted molar refractivity (Wildman–Crippen MR) is 97.7 cm³/mol. The average Bonchev–Trinajstić information content (AvgIpc) is 2.54. The summed E-state index contributed by atoms with van der Waals surface area (Å²) in [5, 5.41) is 0. The van der Waals surface area contributed by atoms with Gasteiger partial charge in [0.1, 0.15) is 0 Å². The molecule has 2 aromatic rings. The Bertz CT molecular complexity index is 550. The van der Waals surface area contributed by atoms with Crippen LogP contribution in [0.4, 0.5) is 0 Å². The van der Waals surface area contributed by atoms with Gasteiger partial charge in [0.15, 0.2) is 0 Å². The molecule has 0 heteroatoms. The van der Waals surface area contributed by atoms with Crippen molar-refractivity contribution in [2.45, 2.75) is 65.7 Å².